The molecule has 2 heteroatoms. The zero-order valence-corrected chi connectivity index (χ0v) is 10.8. The molecule has 1 aliphatic heterocycles. The van der Waals surface area contributed by atoms with Gasteiger partial charge in [0, 0.05) is 13.0 Å². The molecular formula is C14H24O2. The molecule has 0 bridgehead atoms. The smallest absolute Gasteiger partial charge is 0.130 e. The van der Waals surface area contributed by atoms with E-state index in [4.69, 9.17) is 4.74 Å². The molecule has 0 aromatic rings. The molecule has 0 amide bonds. The Morgan fingerprint density at radius 3 is 2.62 bits per heavy atom. The average Bonchev–Trinajstić information content (AvgIpc) is 2.14. The second-order valence-electron chi connectivity index (χ2n) is 6.44. The van der Waals surface area contributed by atoms with Gasteiger partial charge in [-0.05, 0) is 50.4 Å². The van der Waals surface area contributed by atoms with Gasteiger partial charge in [-0.3, -0.25) is 0 Å². The third-order valence-electron chi connectivity index (χ3n) is 4.57. The highest BCUT2D eigenvalue weighted by Gasteiger charge is 2.46. The third kappa shape index (κ3) is 2.32. The van der Waals surface area contributed by atoms with Gasteiger partial charge in [0.05, 0.1) is 5.60 Å². The van der Waals surface area contributed by atoms with Gasteiger partial charge in [-0.1, -0.05) is 13.8 Å². The number of hydrogen-bond acceptors (Lipinski definition) is 2. The lowest BCUT2D eigenvalue weighted by Gasteiger charge is -2.50. The fourth-order valence-electron chi connectivity index (χ4n) is 3.40. The van der Waals surface area contributed by atoms with Crippen LogP contribution in [0.2, 0.25) is 0 Å². The number of rotatable bonds is 3. The molecule has 2 rings (SSSR count). The molecule has 1 saturated carbocycles. The molecule has 0 aromatic carbocycles. The molecule has 16 heavy (non-hydrogen) atoms. The second kappa shape index (κ2) is 4.14. The molecule has 1 unspecified atom stereocenters. The molecule has 2 fully saturated rings. The Bertz CT molecular complexity index is 276. The second-order valence-corrected chi connectivity index (χ2v) is 6.44. The molecule has 1 heterocycles. The molecule has 2 nitrogen and oxygen atoms in total. The van der Waals surface area contributed by atoms with Gasteiger partial charge >= 0.3 is 0 Å². The lowest BCUT2D eigenvalue weighted by Crippen LogP contribution is -2.48. The molecule has 0 radical (unpaired) electrons. The van der Waals surface area contributed by atoms with Crippen LogP contribution in [-0.4, -0.2) is 18.0 Å². The van der Waals surface area contributed by atoms with Crippen molar-refractivity contribution in [3.05, 3.63) is 0 Å². The minimum atomic E-state index is 0.151. The van der Waals surface area contributed by atoms with Crippen molar-refractivity contribution >= 4 is 5.78 Å². The van der Waals surface area contributed by atoms with E-state index in [1.165, 1.54) is 25.7 Å². The minimum Gasteiger partial charge on any atom is -0.375 e. The summed E-state index contributed by atoms with van der Waals surface area (Å²) in [5, 5.41) is 0. The van der Waals surface area contributed by atoms with E-state index in [1.807, 2.05) is 0 Å². The van der Waals surface area contributed by atoms with E-state index in [0.717, 1.165) is 13.0 Å². The van der Waals surface area contributed by atoms with Gasteiger partial charge in [-0.2, -0.15) is 0 Å². The molecule has 1 saturated heterocycles. The van der Waals surface area contributed by atoms with Crippen LogP contribution in [0.25, 0.3) is 0 Å². The Morgan fingerprint density at radius 2 is 2.12 bits per heavy atom. The first-order valence-electron chi connectivity index (χ1n) is 6.57. The summed E-state index contributed by atoms with van der Waals surface area (Å²) in [6.45, 7) is 7.10. The van der Waals surface area contributed by atoms with E-state index in [9.17, 15) is 4.79 Å². The Hall–Kier alpha value is -0.370. The first-order valence-corrected chi connectivity index (χ1v) is 6.57. The van der Waals surface area contributed by atoms with Gasteiger partial charge in [0.15, 0.2) is 0 Å². The van der Waals surface area contributed by atoms with Crippen LogP contribution < -0.4 is 0 Å². The summed E-state index contributed by atoms with van der Waals surface area (Å²) < 4.78 is 5.95. The number of carbonyl (C=O) groups excluding carboxylic acids is 1. The fourth-order valence-corrected chi connectivity index (χ4v) is 3.40. The zero-order chi connectivity index (χ0) is 11.8. The van der Waals surface area contributed by atoms with Crippen molar-refractivity contribution in [3.63, 3.8) is 0 Å². The SMILES string of the molecule is CC(=O)CC(C)(C)C1CCOC2(CCC2)C1. The summed E-state index contributed by atoms with van der Waals surface area (Å²) >= 11 is 0. The van der Waals surface area contributed by atoms with Crippen molar-refractivity contribution in [2.45, 2.75) is 64.9 Å². The maximum Gasteiger partial charge on any atom is 0.130 e. The van der Waals surface area contributed by atoms with Crippen LogP contribution in [0.5, 0.6) is 0 Å². The van der Waals surface area contributed by atoms with E-state index in [1.54, 1.807) is 6.92 Å². The van der Waals surface area contributed by atoms with Crippen LogP contribution in [0.4, 0.5) is 0 Å². The van der Waals surface area contributed by atoms with E-state index in [-0.39, 0.29) is 11.0 Å². The summed E-state index contributed by atoms with van der Waals surface area (Å²) in [5.74, 6) is 0.976. The van der Waals surface area contributed by atoms with Crippen LogP contribution in [0.15, 0.2) is 0 Å². The monoisotopic (exact) mass is 224 g/mol. The van der Waals surface area contributed by atoms with Gasteiger partial charge in [0.25, 0.3) is 0 Å². The first kappa shape index (κ1) is 12.1. The van der Waals surface area contributed by atoms with Crippen molar-refractivity contribution in [1.82, 2.24) is 0 Å². The van der Waals surface area contributed by atoms with Crippen LogP contribution in [0.3, 0.4) is 0 Å². The normalized spacial score (nSPS) is 28.8. The number of ether oxygens (including phenoxy) is 1. The number of ketones is 1. The first-order chi connectivity index (χ1) is 7.44. The van der Waals surface area contributed by atoms with Crippen molar-refractivity contribution < 1.29 is 9.53 Å². The van der Waals surface area contributed by atoms with Crippen molar-refractivity contribution in [1.29, 1.82) is 0 Å². The quantitative estimate of drug-likeness (QED) is 0.735. The fraction of sp³-hybridized carbons (Fsp3) is 0.929. The largest absolute Gasteiger partial charge is 0.375 e. The molecule has 1 aliphatic carbocycles. The molecule has 2 aliphatic rings. The summed E-state index contributed by atoms with van der Waals surface area (Å²) in [5.41, 5.74) is 0.356. The van der Waals surface area contributed by atoms with Crippen LogP contribution in [0, 0.1) is 11.3 Å². The molecule has 0 aromatic heterocycles. The van der Waals surface area contributed by atoms with E-state index >= 15 is 0 Å². The van der Waals surface area contributed by atoms with Crippen molar-refractivity contribution in [2.24, 2.45) is 11.3 Å². The molecule has 1 spiro atoms. The Kier molecular flexibility index (Phi) is 3.13. The van der Waals surface area contributed by atoms with E-state index in [2.05, 4.69) is 13.8 Å². The minimum absolute atomic E-state index is 0.151. The van der Waals surface area contributed by atoms with Gasteiger partial charge in [0.1, 0.15) is 5.78 Å². The summed E-state index contributed by atoms with van der Waals surface area (Å²) in [6, 6.07) is 0. The highest BCUT2D eigenvalue weighted by molar-refractivity contribution is 5.76. The number of carbonyl (C=O) groups is 1. The lowest BCUT2D eigenvalue weighted by atomic mass is 9.63. The standard InChI is InChI=1S/C14H24O2/c1-11(15)9-13(2,3)12-5-8-16-14(10-12)6-4-7-14/h12H,4-10H2,1-3H3. The Labute approximate surface area is 98.7 Å². The van der Waals surface area contributed by atoms with Gasteiger partial charge in [0.2, 0.25) is 0 Å². The number of hydrogen-bond donors (Lipinski definition) is 0. The van der Waals surface area contributed by atoms with Crippen molar-refractivity contribution in [3.8, 4) is 0 Å². The van der Waals surface area contributed by atoms with Crippen LogP contribution >= 0.6 is 0 Å². The highest BCUT2D eigenvalue weighted by Crippen LogP contribution is 2.49. The highest BCUT2D eigenvalue weighted by atomic mass is 16.5. The van der Waals surface area contributed by atoms with Crippen molar-refractivity contribution in [2.75, 3.05) is 6.61 Å². The van der Waals surface area contributed by atoms with Gasteiger partial charge in [-0.25, -0.2) is 0 Å². The van der Waals surface area contributed by atoms with E-state index in [0.29, 0.717) is 18.1 Å². The maximum absolute atomic E-state index is 11.3. The number of Topliss-reactive ketones (excluding diaryl/α,β-unsaturated/α-hetero) is 1. The third-order valence-corrected chi connectivity index (χ3v) is 4.57. The van der Waals surface area contributed by atoms with Gasteiger partial charge in [-0.15, -0.1) is 0 Å². The predicted octanol–water partition coefficient (Wildman–Crippen LogP) is 3.34. The lowest BCUT2D eigenvalue weighted by molar-refractivity contribution is -0.159. The van der Waals surface area contributed by atoms with Crippen LogP contribution in [0.1, 0.15) is 59.3 Å². The predicted molar refractivity (Wildman–Crippen MR) is 64.3 cm³/mol. The molecule has 0 N–H and O–H groups in total. The Balaban J connectivity index is 2.00. The summed E-state index contributed by atoms with van der Waals surface area (Å²) in [4.78, 5) is 11.3. The van der Waals surface area contributed by atoms with Crippen LogP contribution in [-0.2, 0) is 9.53 Å². The molecular weight excluding hydrogens is 200 g/mol. The molecule has 92 valence electrons. The summed E-state index contributed by atoms with van der Waals surface area (Å²) in [7, 11) is 0. The average molecular weight is 224 g/mol. The Morgan fingerprint density at radius 1 is 1.44 bits per heavy atom. The molecule has 1 atom stereocenters. The van der Waals surface area contributed by atoms with Gasteiger partial charge < -0.3 is 9.53 Å². The summed E-state index contributed by atoms with van der Waals surface area (Å²) in [6.07, 6.45) is 6.81. The van der Waals surface area contributed by atoms with E-state index < -0.39 is 0 Å². The topological polar surface area (TPSA) is 26.3 Å². The maximum atomic E-state index is 11.3. The zero-order valence-electron chi connectivity index (χ0n) is 10.8.